The molecule has 0 aliphatic rings. The predicted molar refractivity (Wildman–Crippen MR) is 183 cm³/mol. The van der Waals surface area contributed by atoms with Crippen molar-refractivity contribution in [1.82, 2.24) is 19.9 Å². The Kier molecular flexibility index (Phi) is 7.62. The zero-order valence-electron chi connectivity index (χ0n) is 24.1. The molecule has 210 valence electrons. The molecule has 0 spiro atoms. The molecule has 4 nitrogen and oxygen atoms in total. The minimum Gasteiger partial charge on any atom is -0.354 e. The van der Waals surface area contributed by atoms with Crippen LogP contribution in [0.3, 0.4) is 0 Å². The first-order valence-electron chi connectivity index (χ1n) is 14.7. The first kappa shape index (κ1) is 26.9. The summed E-state index contributed by atoms with van der Waals surface area (Å²) in [5, 5.41) is 0. The molecule has 2 N–H and O–H groups in total. The summed E-state index contributed by atoms with van der Waals surface area (Å²) in [6, 6.07) is 49.9. The molecule has 0 aliphatic carbocycles. The number of nitrogens with zero attached hydrogens (tertiary/aromatic N) is 2. The number of hydrogen-bond donors (Lipinski definition) is 2. The first-order valence-corrected chi connectivity index (χ1v) is 14.7. The van der Waals surface area contributed by atoms with Gasteiger partial charge in [0.25, 0.3) is 0 Å². The molecule has 7 aromatic rings. The van der Waals surface area contributed by atoms with Crippen LogP contribution in [0, 0.1) is 0 Å². The van der Waals surface area contributed by atoms with Crippen LogP contribution < -0.4 is 0 Å². The third-order valence-electron chi connectivity index (χ3n) is 7.69. The Hall–Kier alpha value is -6.00. The maximum atomic E-state index is 4.92. The van der Waals surface area contributed by atoms with E-state index in [0.29, 0.717) is 0 Å². The smallest absolute Gasteiger partial charge is 0.0480 e. The third kappa shape index (κ3) is 5.69. The van der Waals surface area contributed by atoms with Gasteiger partial charge < -0.3 is 9.97 Å². The molecule has 44 heavy (non-hydrogen) atoms. The molecule has 3 heterocycles. The van der Waals surface area contributed by atoms with Crippen molar-refractivity contribution in [3.8, 4) is 44.5 Å². The van der Waals surface area contributed by atoms with E-state index in [-0.39, 0.29) is 0 Å². The van der Waals surface area contributed by atoms with E-state index < -0.39 is 0 Å². The van der Waals surface area contributed by atoms with E-state index in [1.807, 2.05) is 49.1 Å². The Bertz CT molecular complexity index is 1840. The second kappa shape index (κ2) is 12.5. The Morgan fingerprint density at radius 3 is 0.727 bits per heavy atom. The molecule has 4 bridgehead atoms. The summed E-state index contributed by atoms with van der Waals surface area (Å²) in [6.07, 6.45) is 7.76. The van der Waals surface area contributed by atoms with Gasteiger partial charge in [-0.3, -0.25) is 9.97 Å². The molecule has 4 heteroatoms. The standard InChI is InChI=1S/C40H30N4/c1-5-13-29(14-6-1)33-25-41-26-34(30-15-7-2-8-16-30)39-23-24-40(44-39)36(32-19-11-4-12-20-32)28-42-27-35(31-17-9-3-10-18-31)38-22-21-37(33)43-38/h1-28,43-44H. The number of hydrogen-bond acceptors (Lipinski definition) is 2. The summed E-state index contributed by atoms with van der Waals surface area (Å²) in [4.78, 5) is 17.2. The van der Waals surface area contributed by atoms with Gasteiger partial charge in [0.1, 0.15) is 0 Å². The highest BCUT2D eigenvalue weighted by Gasteiger charge is 2.07. The molecule has 0 saturated carbocycles. The predicted octanol–water partition coefficient (Wildman–Crippen LogP) is 10.4. The molecule has 0 saturated heterocycles. The molecule has 0 fully saturated rings. The molecule has 0 radical (unpaired) electrons. The van der Waals surface area contributed by atoms with E-state index in [4.69, 9.17) is 9.97 Å². The van der Waals surface area contributed by atoms with Gasteiger partial charge in [0.2, 0.25) is 0 Å². The van der Waals surface area contributed by atoms with Crippen LogP contribution >= 0.6 is 0 Å². The normalized spacial score (nSPS) is 10.7. The van der Waals surface area contributed by atoms with Crippen LogP contribution in [0.2, 0.25) is 0 Å². The van der Waals surface area contributed by atoms with Crippen LogP contribution in [0.5, 0.6) is 0 Å². The van der Waals surface area contributed by atoms with Gasteiger partial charge >= 0.3 is 0 Å². The molecular weight excluding hydrogens is 536 g/mol. The highest BCUT2D eigenvalue weighted by Crippen LogP contribution is 2.29. The van der Waals surface area contributed by atoms with Crippen LogP contribution in [-0.2, 0) is 0 Å². The number of aromatic nitrogens is 4. The number of aromatic amines is 2. The summed E-state index contributed by atoms with van der Waals surface area (Å²) < 4.78 is 0. The summed E-state index contributed by atoms with van der Waals surface area (Å²) in [7, 11) is 0. The van der Waals surface area contributed by atoms with Crippen molar-refractivity contribution >= 4 is 22.1 Å². The third-order valence-corrected chi connectivity index (χ3v) is 7.69. The summed E-state index contributed by atoms with van der Waals surface area (Å²) in [5.41, 5.74) is 12.2. The van der Waals surface area contributed by atoms with Gasteiger partial charge in [-0.2, -0.15) is 0 Å². The summed E-state index contributed by atoms with van der Waals surface area (Å²) in [5.74, 6) is 0. The minimum atomic E-state index is 0.973. The number of nitrogens with one attached hydrogen (secondary N) is 2. The lowest BCUT2D eigenvalue weighted by molar-refractivity contribution is 1.34. The second-order valence-electron chi connectivity index (χ2n) is 10.5. The average molecular weight is 567 g/mol. The molecule has 0 aliphatic heterocycles. The van der Waals surface area contributed by atoms with E-state index in [2.05, 4.69) is 131 Å². The van der Waals surface area contributed by atoms with Crippen molar-refractivity contribution in [2.75, 3.05) is 0 Å². The largest absolute Gasteiger partial charge is 0.354 e. The number of rotatable bonds is 4. The number of fused-ring (bicyclic) bond motifs is 4. The van der Waals surface area contributed by atoms with Gasteiger partial charge in [0.05, 0.1) is 0 Å². The maximum absolute atomic E-state index is 4.92. The van der Waals surface area contributed by atoms with Gasteiger partial charge in [0, 0.05) is 69.1 Å². The van der Waals surface area contributed by atoms with Crippen molar-refractivity contribution in [3.05, 3.63) is 170 Å². The Morgan fingerprint density at radius 2 is 0.500 bits per heavy atom. The van der Waals surface area contributed by atoms with Gasteiger partial charge in [-0.15, -0.1) is 0 Å². The van der Waals surface area contributed by atoms with Crippen LogP contribution in [0.4, 0.5) is 0 Å². The van der Waals surface area contributed by atoms with Crippen LogP contribution in [0.25, 0.3) is 66.6 Å². The molecule has 4 aromatic carbocycles. The lowest BCUT2D eigenvalue weighted by atomic mass is 10.1. The molecule has 3 aromatic heterocycles. The highest BCUT2D eigenvalue weighted by molar-refractivity contribution is 5.88. The van der Waals surface area contributed by atoms with Crippen molar-refractivity contribution in [3.63, 3.8) is 0 Å². The van der Waals surface area contributed by atoms with E-state index in [1.54, 1.807) is 0 Å². The van der Waals surface area contributed by atoms with Crippen molar-refractivity contribution in [1.29, 1.82) is 0 Å². The van der Waals surface area contributed by atoms with E-state index >= 15 is 0 Å². The Morgan fingerprint density at radius 1 is 0.273 bits per heavy atom. The lowest BCUT2D eigenvalue weighted by Gasteiger charge is -2.03. The van der Waals surface area contributed by atoms with Crippen LogP contribution in [0.15, 0.2) is 170 Å². The number of H-pyrrole nitrogens is 2. The van der Waals surface area contributed by atoms with Crippen LogP contribution in [0.1, 0.15) is 0 Å². The minimum absolute atomic E-state index is 0.973. The van der Waals surface area contributed by atoms with E-state index in [1.165, 1.54) is 0 Å². The van der Waals surface area contributed by atoms with Gasteiger partial charge in [0.15, 0.2) is 0 Å². The zero-order valence-corrected chi connectivity index (χ0v) is 24.1. The monoisotopic (exact) mass is 566 g/mol. The topological polar surface area (TPSA) is 57.4 Å². The fraction of sp³-hybridized carbons (Fsp3) is 0. The second-order valence-corrected chi connectivity index (χ2v) is 10.5. The molecular formula is C40H30N4. The molecule has 7 rings (SSSR count). The zero-order chi connectivity index (χ0) is 29.6. The fourth-order valence-electron chi connectivity index (χ4n) is 5.46. The Balaban J connectivity index is 1.59. The molecule has 0 unspecified atom stereocenters. The SMILES string of the molecule is c1ccc(-c2cncc(-c3ccccc3)c3ccc([nH]3)c(-c3ccccc3)cncc(-c3ccccc3)c3ccc2[nH]3)cc1. The average Bonchev–Trinajstić information content (AvgIpc) is 3.77. The maximum Gasteiger partial charge on any atom is 0.0480 e. The number of benzene rings is 4. The van der Waals surface area contributed by atoms with Gasteiger partial charge in [-0.25, -0.2) is 0 Å². The van der Waals surface area contributed by atoms with E-state index in [9.17, 15) is 0 Å². The summed E-state index contributed by atoms with van der Waals surface area (Å²) in [6.45, 7) is 0. The van der Waals surface area contributed by atoms with Crippen molar-refractivity contribution in [2.24, 2.45) is 0 Å². The summed E-state index contributed by atoms with van der Waals surface area (Å²) >= 11 is 0. The van der Waals surface area contributed by atoms with Gasteiger partial charge in [-0.05, 0) is 46.5 Å². The van der Waals surface area contributed by atoms with Crippen molar-refractivity contribution in [2.45, 2.75) is 0 Å². The lowest BCUT2D eigenvalue weighted by Crippen LogP contribution is -1.83. The quantitative estimate of drug-likeness (QED) is 0.223. The van der Waals surface area contributed by atoms with E-state index in [0.717, 1.165) is 66.6 Å². The highest BCUT2D eigenvalue weighted by atomic mass is 14.7. The van der Waals surface area contributed by atoms with Crippen LogP contribution in [-0.4, -0.2) is 19.9 Å². The fourth-order valence-corrected chi connectivity index (χ4v) is 5.46. The van der Waals surface area contributed by atoms with Gasteiger partial charge in [-0.1, -0.05) is 121 Å². The molecule has 0 atom stereocenters. The molecule has 0 amide bonds. The van der Waals surface area contributed by atoms with Crippen molar-refractivity contribution < 1.29 is 0 Å². The Labute approximate surface area is 256 Å². The first-order chi connectivity index (χ1) is 21.8.